The zero-order chi connectivity index (χ0) is 17.9. The van der Waals surface area contributed by atoms with Gasteiger partial charge < -0.3 is 10.6 Å². The second kappa shape index (κ2) is 7.13. The van der Waals surface area contributed by atoms with Crippen LogP contribution < -0.4 is 10.6 Å². The molecule has 1 aromatic carbocycles. The van der Waals surface area contributed by atoms with Crippen molar-refractivity contribution in [2.45, 2.75) is 37.9 Å². The predicted molar refractivity (Wildman–Crippen MR) is 88.7 cm³/mol. The fourth-order valence-corrected chi connectivity index (χ4v) is 2.88. The molecule has 1 fully saturated rings. The predicted octanol–water partition coefficient (Wildman–Crippen LogP) is 4.52. The minimum atomic E-state index is -4.36. The SMILES string of the molecule is O=C(NC1CCCC1)c1cncc(Nc2ccc(C(F)(F)F)cc2)c1. The molecule has 0 aliphatic heterocycles. The third-order valence-corrected chi connectivity index (χ3v) is 4.19. The summed E-state index contributed by atoms with van der Waals surface area (Å²) >= 11 is 0. The smallest absolute Gasteiger partial charge is 0.354 e. The van der Waals surface area contributed by atoms with Crippen LogP contribution in [0.25, 0.3) is 0 Å². The molecule has 1 aliphatic carbocycles. The van der Waals surface area contributed by atoms with Gasteiger partial charge in [0.15, 0.2) is 0 Å². The second-order valence-electron chi connectivity index (χ2n) is 6.12. The monoisotopic (exact) mass is 349 g/mol. The Balaban J connectivity index is 1.68. The van der Waals surface area contributed by atoms with E-state index in [0.717, 1.165) is 37.8 Å². The molecule has 1 heterocycles. The van der Waals surface area contributed by atoms with Gasteiger partial charge in [0.1, 0.15) is 0 Å². The third-order valence-electron chi connectivity index (χ3n) is 4.19. The molecule has 0 spiro atoms. The van der Waals surface area contributed by atoms with Gasteiger partial charge in [-0.3, -0.25) is 9.78 Å². The van der Waals surface area contributed by atoms with Gasteiger partial charge in [0.2, 0.25) is 0 Å². The number of hydrogen-bond acceptors (Lipinski definition) is 3. The molecule has 3 rings (SSSR count). The number of benzene rings is 1. The molecule has 1 aromatic heterocycles. The van der Waals surface area contributed by atoms with Crippen LogP contribution in [0.3, 0.4) is 0 Å². The van der Waals surface area contributed by atoms with Crippen molar-refractivity contribution in [2.75, 3.05) is 5.32 Å². The first kappa shape index (κ1) is 17.3. The van der Waals surface area contributed by atoms with Gasteiger partial charge in [0.25, 0.3) is 5.91 Å². The Labute approximate surface area is 143 Å². The van der Waals surface area contributed by atoms with E-state index in [1.165, 1.54) is 24.5 Å². The summed E-state index contributed by atoms with van der Waals surface area (Å²) in [4.78, 5) is 16.3. The second-order valence-corrected chi connectivity index (χ2v) is 6.12. The maximum Gasteiger partial charge on any atom is 0.416 e. The van der Waals surface area contributed by atoms with Crippen LogP contribution in [0.5, 0.6) is 0 Å². The largest absolute Gasteiger partial charge is 0.416 e. The number of alkyl halides is 3. The van der Waals surface area contributed by atoms with Gasteiger partial charge in [0.05, 0.1) is 23.0 Å². The molecule has 1 aliphatic rings. The summed E-state index contributed by atoms with van der Waals surface area (Å²) in [6.07, 6.45) is 2.85. The van der Waals surface area contributed by atoms with E-state index in [2.05, 4.69) is 15.6 Å². The molecule has 0 atom stereocenters. The number of nitrogens with one attached hydrogen (secondary N) is 2. The van der Waals surface area contributed by atoms with Gasteiger partial charge in [-0.1, -0.05) is 12.8 Å². The van der Waals surface area contributed by atoms with E-state index in [-0.39, 0.29) is 11.9 Å². The number of carbonyl (C=O) groups is 1. The lowest BCUT2D eigenvalue weighted by molar-refractivity contribution is -0.137. The minimum absolute atomic E-state index is 0.185. The van der Waals surface area contributed by atoms with Crippen LogP contribution in [0.2, 0.25) is 0 Å². The number of hydrogen-bond donors (Lipinski definition) is 2. The number of amides is 1. The molecule has 7 heteroatoms. The van der Waals surface area contributed by atoms with Crippen LogP contribution in [0.1, 0.15) is 41.6 Å². The van der Waals surface area contributed by atoms with Crippen molar-refractivity contribution in [1.29, 1.82) is 0 Å². The number of aromatic nitrogens is 1. The van der Waals surface area contributed by atoms with E-state index in [4.69, 9.17) is 0 Å². The summed E-state index contributed by atoms with van der Waals surface area (Å²) in [5, 5.41) is 5.94. The average Bonchev–Trinajstić information content (AvgIpc) is 3.08. The highest BCUT2D eigenvalue weighted by molar-refractivity contribution is 5.95. The topological polar surface area (TPSA) is 54.0 Å². The number of halogens is 3. The molecule has 0 radical (unpaired) electrons. The summed E-state index contributed by atoms with van der Waals surface area (Å²) < 4.78 is 37.7. The summed E-state index contributed by atoms with van der Waals surface area (Å²) in [5.41, 5.74) is 0.742. The molecule has 25 heavy (non-hydrogen) atoms. The first-order chi connectivity index (χ1) is 11.9. The zero-order valence-corrected chi connectivity index (χ0v) is 13.4. The Morgan fingerprint density at radius 1 is 1.04 bits per heavy atom. The number of nitrogens with zero attached hydrogens (tertiary/aromatic N) is 1. The normalized spacial score (nSPS) is 15.2. The van der Waals surface area contributed by atoms with Crippen LogP contribution in [-0.4, -0.2) is 16.9 Å². The number of carbonyl (C=O) groups excluding carboxylic acids is 1. The lowest BCUT2D eigenvalue weighted by Crippen LogP contribution is -2.32. The summed E-state index contributed by atoms with van der Waals surface area (Å²) in [5.74, 6) is -0.185. The highest BCUT2D eigenvalue weighted by Crippen LogP contribution is 2.30. The first-order valence-electron chi connectivity index (χ1n) is 8.12. The van der Waals surface area contributed by atoms with Gasteiger partial charge in [-0.2, -0.15) is 13.2 Å². The number of rotatable bonds is 4. The van der Waals surface area contributed by atoms with Crippen molar-refractivity contribution in [1.82, 2.24) is 10.3 Å². The standard InChI is InChI=1S/C18H18F3N3O/c19-18(20,21)13-5-7-15(8-6-13)23-16-9-12(10-22-11-16)17(25)24-14-3-1-2-4-14/h5-11,14,23H,1-4H2,(H,24,25). The van der Waals surface area contributed by atoms with E-state index in [1.54, 1.807) is 6.07 Å². The molecule has 1 saturated carbocycles. The van der Waals surface area contributed by atoms with Gasteiger partial charge in [-0.25, -0.2) is 0 Å². The molecule has 4 nitrogen and oxygen atoms in total. The Hall–Kier alpha value is -2.57. The lowest BCUT2D eigenvalue weighted by atomic mass is 10.2. The third kappa shape index (κ3) is 4.49. The summed E-state index contributed by atoms with van der Waals surface area (Å²) in [7, 11) is 0. The van der Waals surface area contributed by atoms with Crippen molar-refractivity contribution in [3.63, 3.8) is 0 Å². The number of pyridine rings is 1. The Morgan fingerprint density at radius 2 is 1.72 bits per heavy atom. The highest BCUT2D eigenvalue weighted by Gasteiger charge is 2.29. The fourth-order valence-electron chi connectivity index (χ4n) is 2.88. The van der Waals surface area contributed by atoms with Crippen molar-refractivity contribution >= 4 is 17.3 Å². The van der Waals surface area contributed by atoms with Gasteiger partial charge in [-0.05, 0) is 43.2 Å². The van der Waals surface area contributed by atoms with Crippen molar-refractivity contribution < 1.29 is 18.0 Å². The lowest BCUT2D eigenvalue weighted by Gasteiger charge is -2.13. The van der Waals surface area contributed by atoms with Gasteiger partial charge in [0, 0.05) is 17.9 Å². The quantitative estimate of drug-likeness (QED) is 0.853. The van der Waals surface area contributed by atoms with E-state index in [0.29, 0.717) is 16.9 Å². The Bertz CT molecular complexity index is 738. The van der Waals surface area contributed by atoms with Crippen LogP contribution >= 0.6 is 0 Å². The van der Waals surface area contributed by atoms with Crippen LogP contribution in [0, 0.1) is 0 Å². The maximum absolute atomic E-state index is 12.6. The zero-order valence-electron chi connectivity index (χ0n) is 13.4. The van der Waals surface area contributed by atoms with Gasteiger partial charge >= 0.3 is 6.18 Å². The van der Waals surface area contributed by atoms with Crippen LogP contribution in [0.4, 0.5) is 24.5 Å². The Morgan fingerprint density at radius 3 is 2.36 bits per heavy atom. The van der Waals surface area contributed by atoms with Crippen LogP contribution in [0.15, 0.2) is 42.7 Å². The molecule has 2 aromatic rings. The molecular weight excluding hydrogens is 331 g/mol. The average molecular weight is 349 g/mol. The van der Waals surface area contributed by atoms with Crippen molar-refractivity contribution in [2.24, 2.45) is 0 Å². The molecule has 2 N–H and O–H groups in total. The number of anilines is 2. The Kier molecular flexibility index (Phi) is 4.92. The molecule has 1 amide bonds. The highest BCUT2D eigenvalue weighted by atomic mass is 19.4. The molecule has 132 valence electrons. The molecular formula is C18H18F3N3O. The van der Waals surface area contributed by atoms with E-state index >= 15 is 0 Å². The minimum Gasteiger partial charge on any atom is -0.354 e. The fraction of sp³-hybridized carbons (Fsp3) is 0.333. The van der Waals surface area contributed by atoms with E-state index < -0.39 is 11.7 Å². The molecule has 0 bridgehead atoms. The summed E-state index contributed by atoms with van der Waals surface area (Å²) in [6.45, 7) is 0. The van der Waals surface area contributed by atoms with Gasteiger partial charge in [-0.15, -0.1) is 0 Å². The summed E-state index contributed by atoms with van der Waals surface area (Å²) in [6, 6.07) is 6.54. The van der Waals surface area contributed by atoms with Crippen molar-refractivity contribution in [3.8, 4) is 0 Å². The maximum atomic E-state index is 12.6. The van der Waals surface area contributed by atoms with E-state index in [9.17, 15) is 18.0 Å². The van der Waals surface area contributed by atoms with Crippen molar-refractivity contribution in [3.05, 3.63) is 53.9 Å². The van der Waals surface area contributed by atoms with Crippen LogP contribution in [-0.2, 0) is 6.18 Å². The first-order valence-corrected chi connectivity index (χ1v) is 8.12. The van der Waals surface area contributed by atoms with E-state index in [1.807, 2.05) is 0 Å². The molecule has 0 saturated heterocycles. The molecule has 0 unspecified atom stereocenters.